The molecule has 0 bridgehead atoms. The Kier molecular flexibility index (Phi) is 6.45. The Hall–Kier alpha value is -1.48. The highest BCUT2D eigenvalue weighted by Crippen LogP contribution is 2.17. The van der Waals surface area contributed by atoms with E-state index >= 15 is 0 Å². The van der Waals surface area contributed by atoms with E-state index < -0.39 is 0 Å². The minimum Gasteiger partial charge on any atom is -0.497 e. The van der Waals surface area contributed by atoms with Gasteiger partial charge in [-0.2, -0.15) is 11.3 Å². The average Bonchev–Trinajstić information content (AvgIpc) is 3.00. The molecule has 108 valence electrons. The number of benzene rings is 1. The van der Waals surface area contributed by atoms with Crippen LogP contribution in [0.3, 0.4) is 0 Å². The Morgan fingerprint density at radius 2 is 1.65 bits per heavy atom. The molecule has 0 unspecified atom stereocenters. The minimum absolute atomic E-state index is 0.796. The predicted octanol–water partition coefficient (Wildman–Crippen LogP) is 4.94. The first-order valence-electron chi connectivity index (χ1n) is 7.16. The van der Waals surface area contributed by atoms with Crippen LogP contribution in [0, 0.1) is 0 Å². The lowest BCUT2D eigenvalue weighted by Gasteiger charge is -2.07. The Morgan fingerprint density at radius 1 is 0.900 bits per heavy atom. The van der Waals surface area contributed by atoms with E-state index in [2.05, 4.69) is 16.8 Å². The molecule has 2 nitrogen and oxygen atoms in total. The molecule has 20 heavy (non-hydrogen) atoms. The quantitative estimate of drug-likeness (QED) is 0.609. The van der Waals surface area contributed by atoms with Crippen molar-refractivity contribution in [1.29, 1.82) is 0 Å². The van der Waals surface area contributed by atoms with Crippen LogP contribution in [-0.4, -0.2) is 13.7 Å². The van der Waals surface area contributed by atoms with Crippen molar-refractivity contribution in [2.75, 3.05) is 13.7 Å². The fourth-order valence-corrected chi connectivity index (χ4v) is 2.78. The zero-order chi connectivity index (χ0) is 14.0. The molecule has 0 radical (unpaired) electrons. The van der Waals surface area contributed by atoms with Gasteiger partial charge < -0.3 is 9.47 Å². The predicted molar refractivity (Wildman–Crippen MR) is 85.0 cm³/mol. The summed E-state index contributed by atoms with van der Waals surface area (Å²) in [6, 6.07) is 9.98. The van der Waals surface area contributed by atoms with E-state index in [9.17, 15) is 0 Å². The molecule has 0 saturated heterocycles. The van der Waals surface area contributed by atoms with Crippen molar-refractivity contribution >= 4 is 11.3 Å². The van der Waals surface area contributed by atoms with E-state index in [-0.39, 0.29) is 0 Å². The Balaban J connectivity index is 1.50. The molecule has 0 amide bonds. The van der Waals surface area contributed by atoms with Crippen molar-refractivity contribution in [3.8, 4) is 11.5 Å². The molecular formula is C17H22O2S. The van der Waals surface area contributed by atoms with Crippen LogP contribution in [-0.2, 0) is 6.42 Å². The second kappa shape index (κ2) is 8.64. The highest BCUT2D eigenvalue weighted by Gasteiger charge is 1.97. The van der Waals surface area contributed by atoms with Gasteiger partial charge >= 0.3 is 0 Å². The van der Waals surface area contributed by atoms with Crippen LogP contribution in [0.5, 0.6) is 11.5 Å². The van der Waals surface area contributed by atoms with E-state index in [1.165, 1.54) is 31.2 Å². The molecule has 0 spiro atoms. The van der Waals surface area contributed by atoms with Crippen LogP contribution in [0.25, 0.3) is 0 Å². The van der Waals surface area contributed by atoms with Gasteiger partial charge in [0.05, 0.1) is 13.7 Å². The van der Waals surface area contributed by atoms with Gasteiger partial charge in [0.15, 0.2) is 0 Å². The van der Waals surface area contributed by atoms with Crippen LogP contribution < -0.4 is 9.47 Å². The summed E-state index contributed by atoms with van der Waals surface area (Å²) >= 11 is 1.78. The van der Waals surface area contributed by atoms with E-state index in [0.29, 0.717) is 0 Å². The maximum atomic E-state index is 5.70. The summed E-state index contributed by atoms with van der Waals surface area (Å²) in [5.41, 5.74) is 1.48. The third-order valence-corrected chi connectivity index (χ3v) is 4.00. The molecule has 0 fully saturated rings. The number of hydrogen-bond donors (Lipinski definition) is 0. The summed E-state index contributed by atoms with van der Waals surface area (Å²) in [5, 5.41) is 4.39. The molecule has 1 aromatic carbocycles. The summed E-state index contributed by atoms with van der Waals surface area (Å²) in [6.45, 7) is 0.796. The molecule has 3 heteroatoms. The van der Waals surface area contributed by atoms with Gasteiger partial charge in [-0.1, -0.05) is 12.8 Å². The molecule has 0 saturated carbocycles. The second-order valence-corrected chi connectivity index (χ2v) is 5.60. The van der Waals surface area contributed by atoms with Gasteiger partial charge in [0, 0.05) is 0 Å². The van der Waals surface area contributed by atoms with Gasteiger partial charge in [0.1, 0.15) is 11.5 Å². The molecule has 2 aromatic rings. The topological polar surface area (TPSA) is 18.5 Å². The summed E-state index contributed by atoms with van der Waals surface area (Å²) in [7, 11) is 1.67. The van der Waals surface area contributed by atoms with Crippen molar-refractivity contribution in [3.63, 3.8) is 0 Å². The van der Waals surface area contributed by atoms with Crippen molar-refractivity contribution in [2.24, 2.45) is 0 Å². The number of thiophene rings is 1. The molecular weight excluding hydrogens is 268 g/mol. The molecule has 0 aliphatic heterocycles. The number of aryl methyl sites for hydroxylation is 1. The van der Waals surface area contributed by atoms with Crippen molar-refractivity contribution in [2.45, 2.75) is 32.1 Å². The largest absolute Gasteiger partial charge is 0.497 e. The summed E-state index contributed by atoms with van der Waals surface area (Å²) in [6.07, 6.45) is 6.12. The number of unbranched alkanes of at least 4 members (excludes halogenated alkanes) is 3. The maximum Gasteiger partial charge on any atom is 0.119 e. The van der Waals surface area contributed by atoms with Crippen LogP contribution in [0.4, 0.5) is 0 Å². The first kappa shape index (κ1) is 14.9. The monoisotopic (exact) mass is 290 g/mol. The summed E-state index contributed by atoms with van der Waals surface area (Å²) < 4.78 is 10.8. The van der Waals surface area contributed by atoms with Crippen LogP contribution >= 0.6 is 11.3 Å². The van der Waals surface area contributed by atoms with Crippen LogP contribution in [0.15, 0.2) is 41.1 Å². The smallest absolute Gasteiger partial charge is 0.119 e. The SMILES string of the molecule is COc1ccc(OCCCCCCc2ccsc2)cc1. The third-order valence-electron chi connectivity index (χ3n) is 3.27. The Bertz CT molecular complexity index is 462. The van der Waals surface area contributed by atoms with Gasteiger partial charge in [-0.25, -0.2) is 0 Å². The zero-order valence-electron chi connectivity index (χ0n) is 12.0. The number of ether oxygens (including phenoxy) is 2. The van der Waals surface area contributed by atoms with E-state index in [0.717, 1.165) is 24.5 Å². The lowest BCUT2D eigenvalue weighted by atomic mass is 10.1. The standard InChI is InChI=1S/C17H22O2S/c1-18-16-7-9-17(10-8-16)19-12-5-3-2-4-6-15-11-13-20-14-15/h7-11,13-14H,2-6,12H2,1H3. The molecule has 1 heterocycles. The maximum absolute atomic E-state index is 5.70. The number of rotatable bonds is 9. The van der Waals surface area contributed by atoms with Gasteiger partial charge in [-0.15, -0.1) is 0 Å². The first-order valence-corrected chi connectivity index (χ1v) is 8.10. The van der Waals surface area contributed by atoms with Crippen LogP contribution in [0.2, 0.25) is 0 Å². The number of hydrogen-bond acceptors (Lipinski definition) is 3. The fraction of sp³-hybridized carbons (Fsp3) is 0.412. The van der Waals surface area contributed by atoms with Gasteiger partial charge in [-0.05, 0) is 65.9 Å². The zero-order valence-corrected chi connectivity index (χ0v) is 12.8. The first-order chi connectivity index (χ1) is 9.88. The highest BCUT2D eigenvalue weighted by atomic mass is 32.1. The summed E-state index contributed by atoms with van der Waals surface area (Å²) in [4.78, 5) is 0. The van der Waals surface area contributed by atoms with E-state index in [1.807, 2.05) is 24.3 Å². The van der Waals surface area contributed by atoms with Gasteiger partial charge in [-0.3, -0.25) is 0 Å². The normalized spacial score (nSPS) is 10.4. The van der Waals surface area contributed by atoms with Crippen molar-refractivity contribution in [3.05, 3.63) is 46.7 Å². The average molecular weight is 290 g/mol. The van der Waals surface area contributed by atoms with Crippen LogP contribution in [0.1, 0.15) is 31.2 Å². The van der Waals surface area contributed by atoms with Crippen molar-refractivity contribution in [1.82, 2.24) is 0 Å². The Labute approximate surface area is 125 Å². The van der Waals surface area contributed by atoms with E-state index in [1.54, 1.807) is 18.4 Å². The summed E-state index contributed by atoms with van der Waals surface area (Å²) in [5.74, 6) is 1.79. The molecule has 1 aromatic heterocycles. The van der Waals surface area contributed by atoms with E-state index in [4.69, 9.17) is 9.47 Å². The molecule has 0 aliphatic carbocycles. The third kappa shape index (κ3) is 5.25. The molecule has 0 atom stereocenters. The molecule has 0 aliphatic rings. The molecule has 2 rings (SSSR count). The Morgan fingerprint density at radius 3 is 2.35 bits per heavy atom. The highest BCUT2D eigenvalue weighted by molar-refractivity contribution is 7.07. The second-order valence-electron chi connectivity index (χ2n) is 4.82. The van der Waals surface area contributed by atoms with Crippen molar-refractivity contribution < 1.29 is 9.47 Å². The number of methoxy groups -OCH3 is 1. The lowest BCUT2D eigenvalue weighted by Crippen LogP contribution is -1.97. The lowest BCUT2D eigenvalue weighted by molar-refractivity contribution is 0.304. The fourth-order valence-electron chi connectivity index (χ4n) is 2.08. The minimum atomic E-state index is 0.796. The van der Waals surface area contributed by atoms with Gasteiger partial charge in [0.25, 0.3) is 0 Å². The molecule has 0 N–H and O–H groups in total. The van der Waals surface area contributed by atoms with Gasteiger partial charge in [0.2, 0.25) is 0 Å².